The predicted octanol–water partition coefficient (Wildman–Crippen LogP) is 3.18. The third-order valence-corrected chi connectivity index (χ3v) is 3.99. The molecule has 0 bridgehead atoms. The van der Waals surface area contributed by atoms with Crippen LogP contribution in [0.2, 0.25) is 0 Å². The van der Waals surface area contributed by atoms with E-state index in [9.17, 15) is 4.39 Å². The molecule has 108 valence electrons. The van der Waals surface area contributed by atoms with Gasteiger partial charge in [0.1, 0.15) is 0 Å². The monoisotopic (exact) mass is 276 g/mol. The molecule has 0 aliphatic heterocycles. The van der Waals surface area contributed by atoms with Crippen molar-refractivity contribution in [3.05, 3.63) is 29.6 Å². The molecule has 0 radical (unpaired) electrons. The van der Waals surface area contributed by atoms with Gasteiger partial charge in [0.25, 0.3) is 0 Å². The van der Waals surface area contributed by atoms with Crippen LogP contribution >= 0.6 is 0 Å². The van der Waals surface area contributed by atoms with Gasteiger partial charge >= 0.3 is 0 Å². The van der Waals surface area contributed by atoms with Gasteiger partial charge in [-0.3, -0.25) is 0 Å². The van der Waals surface area contributed by atoms with Crippen LogP contribution in [0.4, 0.5) is 4.39 Å². The topological polar surface area (TPSA) is 59.0 Å². The smallest absolute Gasteiger partial charge is 0.165 e. The molecule has 1 aliphatic rings. The molecule has 1 aliphatic carbocycles. The maximum atomic E-state index is 14.0. The highest BCUT2D eigenvalue weighted by atomic mass is 19.1. The number of hydrogen-bond acceptors (Lipinski definition) is 3. The third kappa shape index (κ3) is 3.49. The van der Waals surface area contributed by atoms with Gasteiger partial charge in [-0.15, -0.1) is 0 Å². The molecular formula is C16H21FN2O. The van der Waals surface area contributed by atoms with Crippen LogP contribution in [0.1, 0.15) is 38.2 Å². The van der Waals surface area contributed by atoms with Crippen molar-refractivity contribution in [3.63, 3.8) is 0 Å². The average Bonchev–Trinajstić information content (AvgIpc) is 3.18. The number of nitriles is 1. The van der Waals surface area contributed by atoms with Gasteiger partial charge in [0.15, 0.2) is 11.6 Å². The van der Waals surface area contributed by atoms with E-state index in [1.807, 2.05) is 13.0 Å². The molecule has 0 amide bonds. The molecule has 0 heterocycles. The number of benzene rings is 1. The van der Waals surface area contributed by atoms with Crippen molar-refractivity contribution in [1.29, 1.82) is 5.26 Å². The minimum atomic E-state index is -0.349. The van der Waals surface area contributed by atoms with Crippen LogP contribution in [0.3, 0.4) is 0 Å². The van der Waals surface area contributed by atoms with Crippen molar-refractivity contribution in [1.82, 2.24) is 0 Å². The third-order valence-electron chi connectivity index (χ3n) is 3.99. The van der Waals surface area contributed by atoms with Crippen LogP contribution in [-0.4, -0.2) is 12.6 Å². The van der Waals surface area contributed by atoms with E-state index in [-0.39, 0.29) is 17.3 Å². The molecule has 2 rings (SSSR count). The van der Waals surface area contributed by atoms with Gasteiger partial charge in [0.05, 0.1) is 12.7 Å². The maximum Gasteiger partial charge on any atom is 0.165 e. The molecule has 1 atom stereocenters. The van der Waals surface area contributed by atoms with Crippen LogP contribution < -0.4 is 10.5 Å². The number of halogens is 1. The zero-order chi connectivity index (χ0) is 14.6. The van der Waals surface area contributed by atoms with Crippen molar-refractivity contribution < 1.29 is 9.13 Å². The predicted molar refractivity (Wildman–Crippen MR) is 75.8 cm³/mol. The molecule has 3 nitrogen and oxygen atoms in total. The van der Waals surface area contributed by atoms with Crippen LogP contribution in [0.25, 0.3) is 0 Å². The first-order valence-electron chi connectivity index (χ1n) is 7.13. The molecule has 2 N–H and O–H groups in total. The van der Waals surface area contributed by atoms with Crippen LogP contribution in [-0.2, 0) is 6.42 Å². The number of hydrogen-bond donors (Lipinski definition) is 1. The summed E-state index contributed by atoms with van der Waals surface area (Å²) in [6.07, 6.45) is 3.89. The van der Waals surface area contributed by atoms with Crippen molar-refractivity contribution >= 4 is 0 Å². The lowest BCUT2D eigenvalue weighted by molar-refractivity contribution is 0.225. The summed E-state index contributed by atoms with van der Waals surface area (Å²) >= 11 is 0. The molecule has 0 saturated heterocycles. The lowest BCUT2D eigenvalue weighted by Crippen LogP contribution is -2.22. The Kier molecular flexibility index (Phi) is 4.61. The maximum absolute atomic E-state index is 14.0. The second kappa shape index (κ2) is 6.23. The van der Waals surface area contributed by atoms with E-state index in [4.69, 9.17) is 15.7 Å². The van der Waals surface area contributed by atoms with Gasteiger partial charge in [0, 0.05) is 17.9 Å². The first kappa shape index (κ1) is 14.8. The highest BCUT2D eigenvalue weighted by Gasteiger charge is 2.43. The molecule has 1 unspecified atom stereocenters. The Morgan fingerprint density at radius 2 is 2.25 bits per heavy atom. The van der Waals surface area contributed by atoms with Gasteiger partial charge in [-0.1, -0.05) is 19.1 Å². The minimum absolute atomic E-state index is 0.00754. The first-order chi connectivity index (χ1) is 9.60. The second-order valence-electron chi connectivity index (χ2n) is 5.72. The standard InChI is InChI=1S/C16H21FN2O/c1-2-13(19)10-12-4-3-5-14(17)15(12)20-11-16(6-7-16)8-9-18/h3-5,13H,2,6-8,10-11,19H2,1H3. The largest absolute Gasteiger partial charge is 0.490 e. The Balaban J connectivity index is 2.08. The molecule has 1 aromatic rings. The van der Waals surface area contributed by atoms with E-state index in [0.717, 1.165) is 24.8 Å². The lowest BCUT2D eigenvalue weighted by Gasteiger charge is -2.18. The molecule has 20 heavy (non-hydrogen) atoms. The number of rotatable bonds is 7. The lowest BCUT2D eigenvalue weighted by atomic mass is 10.0. The summed E-state index contributed by atoms with van der Waals surface area (Å²) in [6, 6.07) is 7.14. The SMILES string of the molecule is CCC(N)Cc1cccc(F)c1OCC1(CC#N)CC1. The second-order valence-corrected chi connectivity index (χ2v) is 5.72. The summed E-state index contributed by atoms with van der Waals surface area (Å²) in [5.41, 5.74) is 6.70. The summed E-state index contributed by atoms with van der Waals surface area (Å²) < 4.78 is 19.7. The van der Waals surface area contributed by atoms with Crippen LogP contribution in [0.15, 0.2) is 18.2 Å². The molecular weight excluding hydrogens is 255 g/mol. The summed E-state index contributed by atoms with van der Waals surface area (Å²) in [5.74, 6) is -0.0424. The summed E-state index contributed by atoms with van der Waals surface area (Å²) in [7, 11) is 0. The molecule has 0 spiro atoms. The van der Waals surface area contributed by atoms with Crippen LogP contribution in [0, 0.1) is 22.6 Å². The zero-order valence-electron chi connectivity index (χ0n) is 11.9. The van der Waals surface area contributed by atoms with Crippen molar-refractivity contribution in [3.8, 4) is 11.8 Å². The van der Waals surface area contributed by atoms with Gasteiger partial charge in [-0.25, -0.2) is 4.39 Å². The van der Waals surface area contributed by atoms with E-state index in [2.05, 4.69) is 6.07 Å². The number of para-hydroxylation sites is 1. The Morgan fingerprint density at radius 3 is 2.85 bits per heavy atom. The Bertz CT molecular complexity index is 506. The van der Waals surface area contributed by atoms with Crippen molar-refractivity contribution in [2.45, 2.75) is 45.1 Å². The highest BCUT2D eigenvalue weighted by Crippen LogP contribution is 2.49. The van der Waals surface area contributed by atoms with Gasteiger partial charge in [-0.2, -0.15) is 5.26 Å². The summed E-state index contributed by atoms with van der Waals surface area (Å²) in [4.78, 5) is 0. The van der Waals surface area contributed by atoms with E-state index < -0.39 is 0 Å². The van der Waals surface area contributed by atoms with E-state index in [1.54, 1.807) is 6.07 Å². The zero-order valence-corrected chi connectivity index (χ0v) is 11.9. The molecule has 4 heteroatoms. The van der Waals surface area contributed by atoms with E-state index in [0.29, 0.717) is 25.2 Å². The summed E-state index contributed by atoms with van der Waals surface area (Å²) in [6.45, 7) is 2.42. The van der Waals surface area contributed by atoms with E-state index >= 15 is 0 Å². The Hall–Kier alpha value is -1.60. The average molecular weight is 276 g/mol. The fourth-order valence-corrected chi connectivity index (χ4v) is 2.24. The van der Waals surface area contributed by atoms with Gasteiger partial charge in [-0.05, 0) is 37.3 Å². The van der Waals surface area contributed by atoms with Gasteiger partial charge < -0.3 is 10.5 Å². The van der Waals surface area contributed by atoms with Crippen LogP contribution in [0.5, 0.6) is 5.75 Å². The number of nitrogens with zero attached hydrogens (tertiary/aromatic N) is 1. The van der Waals surface area contributed by atoms with Crippen molar-refractivity contribution in [2.24, 2.45) is 11.1 Å². The first-order valence-corrected chi connectivity index (χ1v) is 7.13. The Labute approximate surface area is 119 Å². The molecule has 0 aromatic heterocycles. The fraction of sp³-hybridized carbons (Fsp3) is 0.562. The quantitative estimate of drug-likeness (QED) is 0.832. The Morgan fingerprint density at radius 1 is 1.50 bits per heavy atom. The fourth-order valence-electron chi connectivity index (χ4n) is 2.24. The number of nitrogens with two attached hydrogens (primary N) is 1. The van der Waals surface area contributed by atoms with Gasteiger partial charge in [0.2, 0.25) is 0 Å². The highest BCUT2D eigenvalue weighted by molar-refractivity contribution is 5.35. The molecule has 1 fully saturated rings. The minimum Gasteiger partial charge on any atom is -0.490 e. The molecule has 1 aromatic carbocycles. The molecule has 1 saturated carbocycles. The van der Waals surface area contributed by atoms with Crippen molar-refractivity contribution in [2.75, 3.05) is 6.61 Å². The summed E-state index contributed by atoms with van der Waals surface area (Å²) in [5, 5.41) is 8.80. The number of ether oxygens (including phenoxy) is 1. The van der Waals surface area contributed by atoms with E-state index in [1.165, 1.54) is 6.07 Å². The normalized spacial score (nSPS) is 17.3.